The Kier molecular flexibility index (Phi) is 6.16. The first kappa shape index (κ1) is 18.5. The van der Waals surface area contributed by atoms with E-state index in [1.165, 1.54) is 13.8 Å². The van der Waals surface area contributed by atoms with E-state index < -0.39 is 45.5 Å². The molecule has 0 fully saturated rings. The van der Waals surface area contributed by atoms with Gasteiger partial charge in [0.1, 0.15) is 0 Å². The van der Waals surface area contributed by atoms with Crippen LogP contribution in [-0.4, -0.2) is 31.3 Å². The summed E-state index contributed by atoms with van der Waals surface area (Å²) in [5.74, 6) is 0. The van der Waals surface area contributed by atoms with Crippen molar-refractivity contribution < 1.29 is 34.8 Å². The van der Waals surface area contributed by atoms with Gasteiger partial charge in [-0.1, -0.05) is 13.8 Å². The quantitative estimate of drug-likeness (QED) is 0.698. The van der Waals surface area contributed by atoms with Crippen LogP contribution in [0.5, 0.6) is 0 Å². The van der Waals surface area contributed by atoms with E-state index in [9.17, 15) is 34.8 Å². The molecule has 9 heteroatoms. The molecule has 2 atom stereocenters. The smallest absolute Gasteiger partial charge is 0.228 e. The van der Waals surface area contributed by atoms with Crippen molar-refractivity contribution in [1.82, 2.24) is 0 Å². The summed E-state index contributed by atoms with van der Waals surface area (Å²) in [7, 11) is -4.47. The Bertz CT molecular complexity index is 340. The molecule has 0 heterocycles. The van der Waals surface area contributed by atoms with Gasteiger partial charge in [-0.25, -0.2) is 8.42 Å². The fraction of sp³-hybridized carbons (Fsp3) is 1.00. The minimum absolute atomic E-state index is 0.365. The summed E-state index contributed by atoms with van der Waals surface area (Å²) in [6, 6.07) is 0. The average molecular weight is 314 g/mol. The van der Waals surface area contributed by atoms with Gasteiger partial charge in [0.2, 0.25) is 0 Å². The minimum Gasteiger partial charge on any atom is -0.228 e. The molecule has 0 amide bonds. The van der Waals surface area contributed by atoms with Crippen LogP contribution in [0, 0.1) is 0 Å². The number of sulfone groups is 1. The topological polar surface area (TPSA) is 34.1 Å². The van der Waals surface area contributed by atoms with Crippen LogP contribution in [0.1, 0.15) is 39.5 Å². The van der Waals surface area contributed by atoms with Crippen LogP contribution in [0.3, 0.4) is 0 Å². The van der Waals surface area contributed by atoms with Crippen LogP contribution in [-0.2, 0) is 9.84 Å². The molecule has 0 radical (unpaired) electrons. The van der Waals surface area contributed by atoms with Crippen molar-refractivity contribution in [3.05, 3.63) is 0 Å². The first-order valence-electron chi connectivity index (χ1n) is 5.69. The fourth-order valence-electron chi connectivity index (χ4n) is 1.77. The van der Waals surface area contributed by atoms with E-state index in [0.717, 1.165) is 0 Å². The van der Waals surface area contributed by atoms with E-state index >= 15 is 0 Å². The van der Waals surface area contributed by atoms with Gasteiger partial charge in [-0.2, -0.15) is 26.3 Å². The van der Waals surface area contributed by atoms with Crippen molar-refractivity contribution in [2.24, 2.45) is 0 Å². The van der Waals surface area contributed by atoms with Gasteiger partial charge in [0.25, 0.3) is 0 Å². The highest BCUT2D eigenvalue weighted by Gasteiger charge is 2.44. The predicted molar refractivity (Wildman–Crippen MR) is 58.4 cm³/mol. The zero-order valence-corrected chi connectivity index (χ0v) is 11.3. The molecular formula is C10H16F6O2S. The van der Waals surface area contributed by atoms with Gasteiger partial charge in [-0.15, -0.1) is 0 Å². The van der Waals surface area contributed by atoms with Gasteiger partial charge < -0.3 is 0 Å². The zero-order valence-electron chi connectivity index (χ0n) is 10.5. The van der Waals surface area contributed by atoms with Crippen LogP contribution in [0.15, 0.2) is 0 Å². The Morgan fingerprint density at radius 1 is 0.789 bits per heavy atom. The van der Waals surface area contributed by atoms with Crippen LogP contribution in [0.25, 0.3) is 0 Å². The normalized spacial score (nSPS) is 17.3. The van der Waals surface area contributed by atoms with Crippen molar-refractivity contribution in [1.29, 1.82) is 0 Å². The maximum absolute atomic E-state index is 12.2. The van der Waals surface area contributed by atoms with E-state index in [4.69, 9.17) is 0 Å². The highest BCUT2D eigenvalue weighted by Crippen LogP contribution is 2.33. The van der Waals surface area contributed by atoms with Crippen LogP contribution >= 0.6 is 0 Å². The van der Waals surface area contributed by atoms with Gasteiger partial charge in [-0.3, -0.25) is 0 Å². The number of hydrogen-bond donors (Lipinski definition) is 0. The highest BCUT2D eigenvalue weighted by atomic mass is 32.2. The van der Waals surface area contributed by atoms with Gasteiger partial charge >= 0.3 is 12.4 Å². The maximum Gasteiger partial charge on any atom is 0.390 e. The maximum atomic E-state index is 12.2. The van der Waals surface area contributed by atoms with Gasteiger partial charge in [-0.05, 0) is 12.8 Å². The first-order valence-corrected chi connectivity index (χ1v) is 7.30. The van der Waals surface area contributed by atoms with E-state index in [1.807, 2.05) is 0 Å². The molecule has 0 aliphatic rings. The summed E-state index contributed by atoms with van der Waals surface area (Å²) in [6.45, 7) is 2.43. The molecule has 0 aromatic carbocycles. The third kappa shape index (κ3) is 6.49. The van der Waals surface area contributed by atoms with Crippen LogP contribution < -0.4 is 0 Å². The van der Waals surface area contributed by atoms with Crippen molar-refractivity contribution in [2.75, 3.05) is 0 Å². The lowest BCUT2D eigenvalue weighted by atomic mass is 10.2. The molecule has 0 saturated carbocycles. The Labute approximate surface area is 108 Å². The molecule has 0 aromatic rings. The van der Waals surface area contributed by atoms with Crippen LogP contribution in [0.4, 0.5) is 26.3 Å². The summed E-state index contributed by atoms with van der Waals surface area (Å²) in [5.41, 5.74) is 0. The molecule has 0 aromatic heterocycles. The van der Waals surface area contributed by atoms with Gasteiger partial charge in [0, 0.05) is 0 Å². The SMILES string of the molecule is CCC(CC(F)(F)F)S(=O)(=O)C(CC)CC(F)(F)F. The number of alkyl halides is 6. The summed E-state index contributed by atoms with van der Waals surface area (Å²) >= 11 is 0. The van der Waals surface area contributed by atoms with Gasteiger partial charge in [0.15, 0.2) is 9.84 Å². The lowest BCUT2D eigenvalue weighted by Gasteiger charge is -2.24. The molecule has 2 unspecified atom stereocenters. The molecule has 0 rings (SSSR count). The predicted octanol–water partition coefficient (Wildman–Crippen LogP) is 3.86. The second-order valence-electron chi connectivity index (χ2n) is 4.29. The largest absolute Gasteiger partial charge is 0.390 e. The lowest BCUT2D eigenvalue weighted by molar-refractivity contribution is -0.135. The molecule has 0 bridgehead atoms. The highest BCUT2D eigenvalue weighted by molar-refractivity contribution is 7.92. The number of hydrogen-bond acceptors (Lipinski definition) is 2. The Balaban J connectivity index is 5.18. The van der Waals surface area contributed by atoms with E-state index in [2.05, 4.69) is 0 Å². The minimum atomic E-state index is -4.72. The molecule has 2 nitrogen and oxygen atoms in total. The Morgan fingerprint density at radius 3 is 1.21 bits per heavy atom. The molecule has 116 valence electrons. The monoisotopic (exact) mass is 314 g/mol. The van der Waals surface area contributed by atoms with E-state index in [1.54, 1.807) is 0 Å². The van der Waals surface area contributed by atoms with Gasteiger partial charge in [0.05, 0.1) is 23.3 Å². The first-order chi connectivity index (χ1) is 8.33. The zero-order chi connectivity index (χ0) is 15.5. The van der Waals surface area contributed by atoms with Crippen molar-refractivity contribution in [3.8, 4) is 0 Å². The number of rotatable bonds is 6. The average Bonchev–Trinajstić information content (AvgIpc) is 2.19. The molecular weight excluding hydrogens is 298 g/mol. The summed E-state index contributed by atoms with van der Waals surface area (Å²) in [6.07, 6.45) is -13.4. The standard InChI is InChI=1S/C10H16F6O2S/c1-3-7(5-9(11,12)13)19(17,18)8(4-2)6-10(14,15)16/h7-8H,3-6H2,1-2H3. The number of halogens is 6. The van der Waals surface area contributed by atoms with E-state index in [-0.39, 0.29) is 12.8 Å². The van der Waals surface area contributed by atoms with Crippen molar-refractivity contribution >= 4 is 9.84 Å². The second kappa shape index (κ2) is 6.32. The Morgan fingerprint density at radius 2 is 1.05 bits per heavy atom. The molecule has 0 aliphatic heterocycles. The molecule has 0 spiro atoms. The molecule has 0 N–H and O–H groups in total. The summed E-state index contributed by atoms with van der Waals surface area (Å²) in [4.78, 5) is 0. The third-order valence-electron chi connectivity index (χ3n) is 2.76. The fourth-order valence-corrected chi connectivity index (χ4v) is 4.09. The second-order valence-corrected chi connectivity index (χ2v) is 6.80. The van der Waals surface area contributed by atoms with E-state index in [0.29, 0.717) is 0 Å². The van der Waals surface area contributed by atoms with Crippen molar-refractivity contribution in [2.45, 2.75) is 62.4 Å². The lowest BCUT2D eigenvalue weighted by Crippen LogP contribution is -2.37. The molecule has 19 heavy (non-hydrogen) atoms. The Hall–Kier alpha value is -0.470. The van der Waals surface area contributed by atoms with Crippen LogP contribution in [0.2, 0.25) is 0 Å². The summed E-state index contributed by atoms with van der Waals surface area (Å²) in [5, 5.41) is -3.64. The summed E-state index contributed by atoms with van der Waals surface area (Å²) < 4.78 is 97.1. The molecule has 0 saturated heterocycles. The van der Waals surface area contributed by atoms with Crippen molar-refractivity contribution in [3.63, 3.8) is 0 Å². The third-order valence-corrected chi connectivity index (χ3v) is 5.62. The molecule has 0 aliphatic carbocycles.